The van der Waals surface area contributed by atoms with Crippen molar-refractivity contribution in [3.63, 3.8) is 0 Å². The Morgan fingerprint density at radius 3 is 2.13 bits per heavy atom. The molecular weight excluding hydrogens is 384 g/mol. The van der Waals surface area contributed by atoms with Crippen LogP contribution in [0.3, 0.4) is 0 Å². The van der Waals surface area contributed by atoms with E-state index in [4.69, 9.17) is 25.6 Å². The molecule has 0 spiro atoms. The molecule has 0 aliphatic rings. The Kier molecular flexibility index (Phi) is 11.5. The topological polar surface area (TPSA) is 123 Å². The van der Waals surface area contributed by atoms with Crippen molar-refractivity contribution >= 4 is 17.6 Å². The van der Waals surface area contributed by atoms with Crippen LogP contribution < -0.4 is 10.5 Å². The van der Waals surface area contributed by atoms with Gasteiger partial charge in [-0.2, -0.15) is 5.26 Å². The van der Waals surface area contributed by atoms with E-state index < -0.39 is 5.97 Å². The van der Waals surface area contributed by atoms with E-state index in [-0.39, 0.29) is 11.5 Å². The Balaban J connectivity index is 0.000000414. The summed E-state index contributed by atoms with van der Waals surface area (Å²) >= 11 is 0. The number of nitrogens with zero attached hydrogens (tertiary/aromatic N) is 1. The molecule has 0 bridgehead atoms. The van der Waals surface area contributed by atoms with Crippen molar-refractivity contribution in [2.24, 2.45) is 0 Å². The van der Waals surface area contributed by atoms with Crippen molar-refractivity contribution in [1.29, 1.82) is 5.26 Å². The summed E-state index contributed by atoms with van der Waals surface area (Å²) in [6.07, 6.45) is 4.83. The number of carbonyl (C=O) groups is 2. The van der Waals surface area contributed by atoms with Gasteiger partial charge in [-0.05, 0) is 74.2 Å². The number of carbonyl (C=O) groups excluding carboxylic acids is 1. The highest BCUT2D eigenvalue weighted by atomic mass is 16.5. The Labute approximate surface area is 176 Å². The molecule has 3 N–H and O–H groups in total. The van der Waals surface area contributed by atoms with Crippen molar-refractivity contribution in [2.75, 3.05) is 18.9 Å². The van der Waals surface area contributed by atoms with Crippen LogP contribution in [0.2, 0.25) is 0 Å². The summed E-state index contributed by atoms with van der Waals surface area (Å²) in [5.41, 5.74) is 6.95. The van der Waals surface area contributed by atoms with Crippen molar-refractivity contribution < 1.29 is 24.2 Å². The molecule has 0 saturated carbocycles. The van der Waals surface area contributed by atoms with Crippen LogP contribution >= 0.6 is 0 Å². The normalized spacial score (nSPS) is 9.43. The van der Waals surface area contributed by atoms with E-state index in [1.165, 1.54) is 12.1 Å². The van der Waals surface area contributed by atoms with Gasteiger partial charge in [0.1, 0.15) is 5.75 Å². The minimum Gasteiger partial charge on any atom is -0.494 e. The van der Waals surface area contributed by atoms with E-state index >= 15 is 0 Å². The summed E-state index contributed by atoms with van der Waals surface area (Å²) in [6, 6.07) is 15.1. The second-order valence-electron chi connectivity index (χ2n) is 6.20. The van der Waals surface area contributed by atoms with Crippen LogP contribution in [0.1, 0.15) is 41.6 Å². The van der Waals surface area contributed by atoms with Crippen LogP contribution in [-0.4, -0.2) is 30.3 Å². The quantitative estimate of drug-likeness (QED) is 0.260. The molecule has 0 radical (unpaired) electrons. The summed E-state index contributed by atoms with van der Waals surface area (Å²) in [4.78, 5) is 21.5. The van der Waals surface area contributed by atoms with E-state index in [0.29, 0.717) is 30.2 Å². The lowest BCUT2D eigenvalue weighted by Crippen LogP contribution is -2.02. The van der Waals surface area contributed by atoms with E-state index in [0.717, 1.165) is 31.8 Å². The largest absolute Gasteiger partial charge is 0.494 e. The van der Waals surface area contributed by atoms with Crippen LogP contribution in [0.15, 0.2) is 61.2 Å². The number of ether oxygens (including phenoxy) is 2. The number of esters is 1. The van der Waals surface area contributed by atoms with Gasteiger partial charge < -0.3 is 20.3 Å². The van der Waals surface area contributed by atoms with Gasteiger partial charge in [-0.25, -0.2) is 9.59 Å². The first kappa shape index (κ1) is 24.2. The third kappa shape index (κ3) is 10.5. The third-order valence-corrected chi connectivity index (χ3v) is 3.86. The summed E-state index contributed by atoms with van der Waals surface area (Å²) in [7, 11) is 0. The van der Waals surface area contributed by atoms with Gasteiger partial charge in [0, 0.05) is 11.8 Å². The minimum atomic E-state index is -0.946. The van der Waals surface area contributed by atoms with Crippen molar-refractivity contribution in [3.05, 3.63) is 72.3 Å². The van der Waals surface area contributed by atoms with Crippen LogP contribution in [0.4, 0.5) is 5.69 Å². The van der Waals surface area contributed by atoms with Gasteiger partial charge in [-0.1, -0.05) is 6.58 Å². The number of hydrogen-bond donors (Lipinski definition) is 2. The molecule has 0 atom stereocenters. The van der Waals surface area contributed by atoms with Crippen LogP contribution in [0, 0.1) is 11.3 Å². The molecule has 0 unspecified atom stereocenters. The number of nitrogens with two attached hydrogens (primary N) is 1. The zero-order chi connectivity index (χ0) is 22.2. The lowest BCUT2D eigenvalue weighted by Gasteiger charge is -2.06. The predicted octanol–water partition coefficient (Wildman–Crippen LogP) is 4.19. The molecule has 2 rings (SSSR count). The number of unbranched alkanes of at least 4 members (excludes halogenated alkanes) is 3. The van der Waals surface area contributed by atoms with Crippen molar-refractivity contribution in [1.82, 2.24) is 0 Å². The molecule has 2 aromatic carbocycles. The lowest BCUT2D eigenvalue weighted by molar-refractivity contribution is -0.137. The monoisotopic (exact) mass is 410 g/mol. The molecule has 0 heterocycles. The average molecular weight is 410 g/mol. The SMILES string of the molecule is C=CC(=O)OCCCCCCOc1ccc(C(=O)O)cc1.N#Cc1ccc(N)cc1. The number of rotatable bonds is 10. The Hall–Kier alpha value is -3.79. The molecule has 7 heteroatoms. The number of anilines is 1. The van der Waals surface area contributed by atoms with Crippen molar-refractivity contribution in [3.8, 4) is 11.8 Å². The van der Waals surface area contributed by atoms with Gasteiger partial charge in [0.2, 0.25) is 0 Å². The molecule has 0 aromatic heterocycles. The predicted molar refractivity (Wildman–Crippen MR) is 114 cm³/mol. The molecule has 30 heavy (non-hydrogen) atoms. The van der Waals surface area contributed by atoms with Crippen LogP contribution in [0.25, 0.3) is 0 Å². The first-order valence-electron chi connectivity index (χ1n) is 9.47. The molecule has 0 aliphatic heterocycles. The Bertz CT molecular complexity index is 839. The fourth-order valence-corrected chi connectivity index (χ4v) is 2.23. The second-order valence-corrected chi connectivity index (χ2v) is 6.20. The zero-order valence-electron chi connectivity index (χ0n) is 16.8. The summed E-state index contributed by atoms with van der Waals surface area (Å²) in [5, 5.41) is 17.1. The highest BCUT2D eigenvalue weighted by Crippen LogP contribution is 2.13. The fourth-order valence-electron chi connectivity index (χ4n) is 2.23. The molecular formula is C23H26N2O5. The highest BCUT2D eigenvalue weighted by Gasteiger charge is 2.02. The number of carboxylic acid groups (broad SMARTS) is 1. The summed E-state index contributed by atoms with van der Waals surface area (Å²) in [6.45, 7) is 4.32. The second kappa shape index (κ2) is 14.2. The van der Waals surface area contributed by atoms with Gasteiger partial charge in [-0.15, -0.1) is 0 Å². The van der Waals surface area contributed by atoms with Gasteiger partial charge >= 0.3 is 11.9 Å². The Morgan fingerprint density at radius 1 is 1.00 bits per heavy atom. The molecule has 0 amide bonds. The number of carboxylic acids is 1. The molecule has 158 valence electrons. The van der Waals surface area contributed by atoms with Gasteiger partial charge in [-0.3, -0.25) is 0 Å². The van der Waals surface area contributed by atoms with Gasteiger partial charge in [0.15, 0.2) is 0 Å². The zero-order valence-corrected chi connectivity index (χ0v) is 16.8. The number of benzene rings is 2. The van der Waals surface area contributed by atoms with E-state index in [1.54, 1.807) is 36.4 Å². The summed E-state index contributed by atoms with van der Waals surface area (Å²) in [5.74, 6) is -0.665. The van der Waals surface area contributed by atoms with Crippen LogP contribution in [0.5, 0.6) is 5.75 Å². The van der Waals surface area contributed by atoms with E-state index in [2.05, 4.69) is 6.58 Å². The summed E-state index contributed by atoms with van der Waals surface area (Å²) < 4.78 is 10.4. The Morgan fingerprint density at radius 2 is 1.60 bits per heavy atom. The first-order valence-corrected chi connectivity index (χ1v) is 9.47. The maximum Gasteiger partial charge on any atom is 0.335 e. The number of hydrogen-bond acceptors (Lipinski definition) is 6. The first-order chi connectivity index (χ1) is 14.5. The van der Waals surface area contributed by atoms with Gasteiger partial charge in [0.25, 0.3) is 0 Å². The lowest BCUT2D eigenvalue weighted by atomic mass is 10.2. The standard InChI is InChI=1S/C16H20O5.C7H6N2/c1-2-15(17)21-12-6-4-3-5-11-20-14-9-7-13(8-10-14)16(18)19;8-5-6-1-3-7(9)4-2-6/h2,7-10H,1,3-6,11-12H2,(H,18,19);1-4H,9H2. The molecule has 2 aromatic rings. The van der Waals surface area contributed by atoms with Crippen LogP contribution in [-0.2, 0) is 9.53 Å². The maximum absolute atomic E-state index is 10.8. The highest BCUT2D eigenvalue weighted by molar-refractivity contribution is 5.87. The van der Waals surface area contributed by atoms with E-state index in [9.17, 15) is 9.59 Å². The maximum atomic E-state index is 10.8. The molecule has 7 nitrogen and oxygen atoms in total. The van der Waals surface area contributed by atoms with Crippen molar-refractivity contribution in [2.45, 2.75) is 25.7 Å². The molecule has 0 saturated heterocycles. The third-order valence-electron chi connectivity index (χ3n) is 3.86. The van der Waals surface area contributed by atoms with Gasteiger partial charge in [0.05, 0.1) is 30.4 Å². The smallest absolute Gasteiger partial charge is 0.335 e. The minimum absolute atomic E-state index is 0.247. The number of nitrogen functional groups attached to an aromatic ring is 1. The molecule has 0 fully saturated rings. The molecule has 0 aliphatic carbocycles. The number of nitriles is 1. The fraction of sp³-hybridized carbons (Fsp3) is 0.261. The number of aromatic carboxylic acids is 1. The van der Waals surface area contributed by atoms with E-state index in [1.807, 2.05) is 6.07 Å². The average Bonchev–Trinajstić information content (AvgIpc) is 2.76.